The highest BCUT2D eigenvalue weighted by Crippen LogP contribution is 2.39. The largest absolute Gasteiger partial charge is 0.493 e. The predicted octanol–water partition coefficient (Wildman–Crippen LogP) is 2.28. The number of aliphatic hydroxyl groups excluding tert-OH is 1. The average molecular weight is 403 g/mol. The molecule has 0 fully saturated rings. The topological polar surface area (TPSA) is 111 Å². The van der Waals surface area contributed by atoms with E-state index in [0.29, 0.717) is 29.2 Å². The van der Waals surface area contributed by atoms with Crippen LogP contribution in [0.1, 0.15) is 17.5 Å². The molecule has 3 atom stereocenters. The minimum atomic E-state index is -0.996. The van der Waals surface area contributed by atoms with Gasteiger partial charge in [-0.3, -0.25) is 4.79 Å². The Labute approximate surface area is 171 Å². The monoisotopic (exact) mass is 403 g/mol. The van der Waals surface area contributed by atoms with Gasteiger partial charge in [-0.1, -0.05) is 30.3 Å². The highest BCUT2D eigenvalue weighted by Gasteiger charge is 2.26. The number of ether oxygens (including phenoxy) is 3. The zero-order valence-electron chi connectivity index (χ0n) is 17.0. The van der Waals surface area contributed by atoms with Crippen LogP contribution in [0.3, 0.4) is 0 Å². The van der Waals surface area contributed by atoms with Crippen molar-refractivity contribution in [3.05, 3.63) is 53.6 Å². The second-order valence-corrected chi connectivity index (χ2v) is 6.93. The van der Waals surface area contributed by atoms with Crippen LogP contribution in [-0.4, -0.2) is 49.7 Å². The number of aliphatic carboxylic acids is 1. The van der Waals surface area contributed by atoms with Crippen molar-refractivity contribution in [2.24, 2.45) is 11.7 Å². The van der Waals surface area contributed by atoms with Gasteiger partial charge in [-0.05, 0) is 42.5 Å². The van der Waals surface area contributed by atoms with Crippen LogP contribution in [0.2, 0.25) is 0 Å². The van der Waals surface area contributed by atoms with Gasteiger partial charge in [0.15, 0.2) is 11.5 Å². The molecule has 0 aliphatic carbocycles. The third kappa shape index (κ3) is 6.10. The molecule has 0 aliphatic rings. The van der Waals surface area contributed by atoms with Gasteiger partial charge in [-0.15, -0.1) is 0 Å². The molecule has 0 saturated heterocycles. The van der Waals surface area contributed by atoms with Gasteiger partial charge in [0.05, 0.1) is 33.4 Å². The minimum absolute atomic E-state index is 0.0417. The van der Waals surface area contributed by atoms with Crippen molar-refractivity contribution in [1.29, 1.82) is 0 Å². The van der Waals surface area contributed by atoms with E-state index in [1.54, 1.807) is 12.1 Å². The number of methoxy groups -OCH3 is 3. The first kappa shape index (κ1) is 22.5. The highest BCUT2D eigenvalue weighted by atomic mass is 16.5. The third-order valence-corrected chi connectivity index (χ3v) is 4.89. The van der Waals surface area contributed by atoms with Crippen LogP contribution in [-0.2, 0) is 17.6 Å². The van der Waals surface area contributed by atoms with Crippen LogP contribution in [0, 0.1) is 5.92 Å². The summed E-state index contributed by atoms with van der Waals surface area (Å²) in [5.74, 6) is -0.463. The molecule has 0 aliphatic heterocycles. The van der Waals surface area contributed by atoms with E-state index in [2.05, 4.69) is 0 Å². The van der Waals surface area contributed by atoms with Gasteiger partial charge in [-0.2, -0.15) is 0 Å². The Morgan fingerprint density at radius 3 is 2.03 bits per heavy atom. The van der Waals surface area contributed by atoms with Crippen LogP contribution in [0.5, 0.6) is 17.2 Å². The van der Waals surface area contributed by atoms with Crippen LogP contribution >= 0.6 is 0 Å². The zero-order valence-corrected chi connectivity index (χ0v) is 17.0. The first-order valence-corrected chi connectivity index (χ1v) is 9.38. The Morgan fingerprint density at radius 1 is 0.966 bits per heavy atom. The van der Waals surface area contributed by atoms with Crippen molar-refractivity contribution in [1.82, 2.24) is 0 Å². The summed E-state index contributed by atoms with van der Waals surface area (Å²) >= 11 is 0. The maximum absolute atomic E-state index is 11.8. The number of carboxylic acids is 1. The van der Waals surface area contributed by atoms with Crippen LogP contribution < -0.4 is 19.9 Å². The number of rotatable bonds is 11. The Hall–Kier alpha value is -2.77. The molecular weight excluding hydrogens is 374 g/mol. The lowest BCUT2D eigenvalue weighted by molar-refractivity contribution is -0.142. The number of carbonyl (C=O) groups is 1. The fourth-order valence-corrected chi connectivity index (χ4v) is 3.30. The molecule has 7 heteroatoms. The first-order chi connectivity index (χ1) is 13.9. The van der Waals surface area contributed by atoms with Crippen LogP contribution in [0.25, 0.3) is 0 Å². The molecular formula is C22H29NO6. The molecule has 2 aromatic rings. The third-order valence-electron chi connectivity index (χ3n) is 4.89. The number of carboxylic acid groups (broad SMARTS) is 1. The Bertz CT molecular complexity index is 770. The number of benzene rings is 2. The lowest BCUT2D eigenvalue weighted by Crippen LogP contribution is -2.39. The maximum Gasteiger partial charge on any atom is 0.306 e. The minimum Gasteiger partial charge on any atom is -0.493 e. The molecule has 158 valence electrons. The van der Waals surface area contributed by atoms with Crippen LogP contribution in [0.4, 0.5) is 0 Å². The van der Waals surface area contributed by atoms with Crippen molar-refractivity contribution in [3.8, 4) is 17.2 Å². The van der Waals surface area contributed by atoms with Crippen molar-refractivity contribution >= 4 is 5.97 Å². The summed E-state index contributed by atoms with van der Waals surface area (Å²) in [6, 6.07) is 12.4. The summed E-state index contributed by atoms with van der Waals surface area (Å²) in [7, 11) is 4.51. The fourth-order valence-electron chi connectivity index (χ4n) is 3.30. The quantitative estimate of drug-likeness (QED) is 0.528. The van der Waals surface area contributed by atoms with E-state index < -0.39 is 24.0 Å². The van der Waals surface area contributed by atoms with E-state index in [1.807, 2.05) is 30.3 Å². The number of hydrogen-bond donors (Lipinski definition) is 3. The van der Waals surface area contributed by atoms with E-state index >= 15 is 0 Å². The summed E-state index contributed by atoms with van der Waals surface area (Å²) in [4.78, 5) is 11.8. The number of hydrogen-bond acceptors (Lipinski definition) is 6. The van der Waals surface area contributed by atoms with Gasteiger partial charge in [0, 0.05) is 6.04 Å². The molecule has 4 N–H and O–H groups in total. The smallest absolute Gasteiger partial charge is 0.306 e. The SMILES string of the molecule is COc1cc(C[C@H](C[C@H](O)[C@@H](N)Cc2ccccc2)C(=O)O)cc(OC)c1OC. The Balaban J connectivity index is 2.12. The van der Waals surface area contributed by atoms with E-state index in [1.165, 1.54) is 21.3 Å². The standard InChI is InChI=1S/C22H29NO6/c1-27-19-11-15(12-20(28-2)21(19)29-3)9-16(22(25)26)13-18(24)17(23)10-14-7-5-4-6-8-14/h4-8,11-12,16-18,24H,9-10,13,23H2,1-3H3,(H,25,26)/t16-,17+,18+/m1/s1. The van der Waals surface area contributed by atoms with Gasteiger partial charge >= 0.3 is 5.97 Å². The Kier molecular flexibility index (Phi) is 8.30. The highest BCUT2D eigenvalue weighted by molar-refractivity contribution is 5.70. The van der Waals surface area contributed by atoms with Gasteiger partial charge in [0.2, 0.25) is 5.75 Å². The fraction of sp³-hybridized carbons (Fsp3) is 0.409. The predicted molar refractivity (Wildman–Crippen MR) is 110 cm³/mol. The second kappa shape index (κ2) is 10.7. The average Bonchev–Trinajstić information content (AvgIpc) is 2.72. The van der Waals surface area contributed by atoms with Crippen molar-refractivity contribution in [2.75, 3.05) is 21.3 Å². The molecule has 2 rings (SSSR count). The summed E-state index contributed by atoms with van der Waals surface area (Å²) in [5, 5.41) is 20.2. The normalized spacial score (nSPS) is 14.0. The molecule has 2 aromatic carbocycles. The summed E-state index contributed by atoms with van der Waals surface area (Å²) in [5.41, 5.74) is 7.82. The molecule has 0 saturated carbocycles. The maximum atomic E-state index is 11.8. The van der Waals surface area contributed by atoms with Gasteiger partial charge < -0.3 is 30.2 Å². The summed E-state index contributed by atoms with van der Waals surface area (Å²) in [6.45, 7) is 0. The molecule has 0 amide bonds. The number of nitrogens with two attached hydrogens (primary N) is 1. The van der Waals surface area contributed by atoms with Gasteiger partial charge in [0.25, 0.3) is 0 Å². The summed E-state index contributed by atoms with van der Waals surface area (Å²) < 4.78 is 15.9. The zero-order chi connectivity index (χ0) is 21.4. The molecule has 29 heavy (non-hydrogen) atoms. The summed E-state index contributed by atoms with van der Waals surface area (Å²) in [6.07, 6.45) is -0.238. The molecule has 0 spiro atoms. The van der Waals surface area contributed by atoms with Gasteiger partial charge in [0.1, 0.15) is 0 Å². The van der Waals surface area contributed by atoms with Gasteiger partial charge in [-0.25, -0.2) is 0 Å². The van der Waals surface area contributed by atoms with E-state index in [0.717, 1.165) is 5.56 Å². The molecule has 0 unspecified atom stereocenters. The second-order valence-electron chi connectivity index (χ2n) is 6.93. The molecule has 0 bridgehead atoms. The van der Waals surface area contributed by atoms with Crippen LogP contribution in [0.15, 0.2) is 42.5 Å². The van der Waals surface area contributed by atoms with Crippen molar-refractivity contribution in [2.45, 2.75) is 31.4 Å². The number of aliphatic hydroxyl groups is 1. The molecule has 7 nitrogen and oxygen atoms in total. The van der Waals surface area contributed by atoms with E-state index in [4.69, 9.17) is 19.9 Å². The van der Waals surface area contributed by atoms with E-state index in [-0.39, 0.29) is 12.8 Å². The van der Waals surface area contributed by atoms with E-state index in [9.17, 15) is 15.0 Å². The van der Waals surface area contributed by atoms with Crippen molar-refractivity contribution in [3.63, 3.8) is 0 Å². The molecule has 0 heterocycles. The Morgan fingerprint density at radius 2 is 1.55 bits per heavy atom. The first-order valence-electron chi connectivity index (χ1n) is 9.38. The molecule has 0 radical (unpaired) electrons. The van der Waals surface area contributed by atoms with Crippen molar-refractivity contribution < 1.29 is 29.2 Å². The lowest BCUT2D eigenvalue weighted by Gasteiger charge is -2.23. The molecule has 0 aromatic heterocycles. The lowest BCUT2D eigenvalue weighted by atomic mass is 9.89.